The summed E-state index contributed by atoms with van der Waals surface area (Å²) in [6.45, 7) is 3.92. The molecule has 0 unspecified atom stereocenters. The van der Waals surface area contributed by atoms with E-state index in [0.717, 1.165) is 5.69 Å². The van der Waals surface area contributed by atoms with Crippen molar-refractivity contribution in [2.75, 3.05) is 17.2 Å². The number of ether oxygens (including phenoxy) is 1. The molecule has 6 heteroatoms. The van der Waals surface area contributed by atoms with Crippen LogP contribution in [-0.4, -0.2) is 22.5 Å². The number of anilines is 4. The lowest BCUT2D eigenvalue weighted by Gasteiger charge is -2.12. The summed E-state index contributed by atoms with van der Waals surface area (Å²) in [5, 5.41) is 6.43. The Morgan fingerprint density at radius 1 is 0.962 bits per heavy atom. The van der Waals surface area contributed by atoms with Crippen LogP contribution in [0.2, 0.25) is 0 Å². The van der Waals surface area contributed by atoms with E-state index in [1.807, 2.05) is 49.4 Å². The Labute approximate surface area is 152 Å². The van der Waals surface area contributed by atoms with Crippen molar-refractivity contribution in [1.29, 1.82) is 0 Å². The number of hydrogen-bond donors (Lipinski definition) is 2. The van der Waals surface area contributed by atoms with E-state index in [2.05, 4.69) is 20.6 Å². The zero-order chi connectivity index (χ0) is 18.4. The van der Waals surface area contributed by atoms with Gasteiger partial charge in [0.15, 0.2) is 0 Å². The lowest BCUT2D eigenvalue weighted by Crippen LogP contribution is -2.09. The molecule has 0 aliphatic carbocycles. The van der Waals surface area contributed by atoms with Crippen LogP contribution in [0.1, 0.15) is 23.1 Å². The van der Waals surface area contributed by atoms with E-state index >= 15 is 0 Å². The summed E-state index contributed by atoms with van der Waals surface area (Å²) >= 11 is 0. The zero-order valence-electron chi connectivity index (χ0n) is 14.7. The quantitative estimate of drug-likeness (QED) is 0.641. The predicted octanol–water partition coefficient (Wildman–Crippen LogP) is 4.45. The summed E-state index contributed by atoms with van der Waals surface area (Å²) in [6.07, 6.45) is 0. The molecule has 132 valence electrons. The first-order valence-electron chi connectivity index (χ1n) is 8.36. The highest BCUT2D eigenvalue weighted by Gasteiger charge is 2.13. The molecule has 0 saturated heterocycles. The standard InChI is InChI=1S/C20H20N4O2/c1-3-26-20(25)16-11-7-8-12-17(16)24-19-13-18(21-14(2)22-19)23-15-9-5-4-6-10-15/h4-13H,3H2,1-2H3,(H2,21,22,23,24). The van der Waals surface area contributed by atoms with Gasteiger partial charge in [0.2, 0.25) is 0 Å². The van der Waals surface area contributed by atoms with Gasteiger partial charge in [-0.05, 0) is 38.1 Å². The maximum Gasteiger partial charge on any atom is 0.340 e. The molecule has 3 aromatic rings. The largest absolute Gasteiger partial charge is 0.462 e. The van der Waals surface area contributed by atoms with Crippen LogP contribution in [0.4, 0.5) is 23.0 Å². The van der Waals surface area contributed by atoms with Crippen LogP contribution in [0.3, 0.4) is 0 Å². The van der Waals surface area contributed by atoms with Crippen molar-refractivity contribution in [3.8, 4) is 0 Å². The molecule has 1 aromatic heterocycles. The lowest BCUT2D eigenvalue weighted by atomic mass is 10.2. The molecule has 0 aliphatic rings. The number of para-hydroxylation sites is 2. The first-order chi connectivity index (χ1) is 12.7. The smallest absolute Gasteiger partial charge is 0.340 e. The Morgan fingerprint density at radius 2 is 1.62 bits per heavy atom. The molecule has 0 atom stereocenters. The van der Waals surface area contributed by atoms with Gasteiger partial charge in [0, 0.05) is 11.8 Å². The van der Waals surface area contributed by atoms with Gasteiger partial charge >= 0.3 is 5.97 Å². The number of hydrogen-bond acceptors (Lipinski definition) is 6. The van der Waals surface area contributed by atoms with Gasteiger partial charge in [0.25, 0.3) is 0 Å². The van der Waals surface area contributed by atoms with Crippen molar-refractivity contribution in [2.24, 2.45) is 0 Å². The molecule has 0 aliphatic heterocycles. The number of carbonyl (C=O) groups excluding carboxylic acids is 1. The monoisotopic (exact) mass is 348 g/mol. The van der Waals surface area contributed by atoms with Crippen molar-refractivity contribution in [3.05, 3.63) is 72.1 Å². The van der Waals surface area contributed by atoms with Crippen molar-refractivity contribution in [1.82, 2.24) is 9.97 Å². The van der Waals surface area contributed by atoms with Gasteiger partial charge in [-0.25, -0.2) is 14.8 Å². The summed E-state index contributed by atoms with van der Waals surface area (Å²) in [5.74, 6) is 1.50. The van der Waals surface area contributed by atoms with Gasteiger partial charge in [-0.2, -0.15) is 0 Å². The molecule has 2 N–H and O–H groups in total. The predicted molar refractivity (Wildman–Crippen MR) is 102 cm³/mol. The third-order valence-corrected chi connectivity index (χ3v) is 3.57. The molecule has 1 heterocycles. The van der Waals surface area contributed by atoms with E-state index in [9.17, 15) is 4.79 Å². The highest BCUT2D eigenvalue weighted by molar-refractivity contribution is 5.96. The number of nitrogens with zero attached hydrogens (tertiary/aromatic N) is 2. The van der Waals surface area contributed by atoms with Crippen LogP contribution in [0, 0.1) is 6.92 Å². The number of aromatic nitrogens is 2. The summed E-state index contributed by atoms with van der Waals surface area (Å²) in [7, 11) is 0. The normalized spacial score (nSPS) is 10.2. The summed E-state index contributed by atoms with van der Waals surface area (Å²) in [5.41, 5.74) is 2.03. The van der Waals surface area contributed by atoms with Crippen LogP contribution in [-0.2, 0) is 4.74 Å². The average molecular weight is 348 g/mol. The molecule has 26 heavy (non-hydrogen) atoms. The molecule has 0 radical (unpaired) electrons. The molecule has 0 spiro atoms. The number of rotatable bonds is 6. The number of esters is 1. The van der Waals surface area contributed by atoms with Gasteiger partial charge in [-0.3, -0.25) is 0 Å². The molecule has 2 aromatic carbocycles. The van der Waals surface area contributed by atoms with Crippen LogP contribution < -0.4 is 10.6 Å². The second-order valence-corrected chi connectivity index (χ2v) is 5.57. The fraction of sp³-hybridized carbons (Fsp3) is 0.150. The van der Waals surface area contributed by atoms with Crippen molar-refractivity contribution < 1.29 is 9.53 Å². The minimum absolute atomic E-state index is 0.324. The van der Waals surface area contributed by atoms with Crippen molar-refractivity contribution in [3.63, 3.8) is 0 Å². The summed E-state index contributed by atoms with van der Waals surface area (Å²) in [6, 6.07) is 18.7. The molecular formula is C20H20N4O2. The van der Waals surface area contributed by atoms with E-state index in [0.29, 0.717) is 35.3 Å². The first-order valence-corrected chi connectivity index (χ1v) is 8.36. The van der Waals surface area contributed by atoms with Crippen LogP contribution in [0.5, 0.6) is 0 Å². The summed E-state index contributed by atoms with van der Waals surface area (Å²) in [4.78, 5) is 20.9. The number of nitrogens with one attached hydrogen (secondary N) is 2. The second kappa shape index (κ2) is 8.11. The number of carbonyl (C=O) groups is 1. The fourth-order valence-corrected chi connectivity index (χ4v) is 2.48. The SMILES string of the molecule is CCOC(=O)c1ccccc1Nc1cc(Nc2ccccc2)nc(C)n1. The molecule has 0 amide bonds. The maximum atomic E-state index is 12.1. The van der Waals surface area contributed by atoms with E-state index in [-0.39, 0.29) is 5.97 Å². The topological polar surface area (TPSA) is 76.1 Å². The Morgan fingerprint density at radius 3 is 2.35 bits per heavy atom. The van der Waals surface area contributed by atoms with E-state index in [1.54, 1.807) is 25.1 Å². The van der Waals surface area contributed by atoms with Crippen LogP contribution >= 0.6 is 0 Å². The van der Waals surface area contributed by atoms with Gasteiger partial charge < -0.3 is 15.4 Å². The fourth-order valence-electron chi connectivity index (χ4n) is 2.48. The van der Waals surface area contributed by atoms with Gasteiger partial charge in [0.1, 0.15) is 17.5 Å². The Balaban J connectivity index is 1.86. The Bertz CT molecular complexity index is 897. The molecule has 0 saturated carbocycles. The van der Waals surface area contributed by atoms with E-state index in [4.69, 9.17) is 4.74 Å². The molecule has 0 bridgehead atoms. The minimum Gasteiger partial charge on any atom is -0.462 e. The second-order valence-electron chi connectivity index (χ2n) is 5.57. The van der Waals surface area contributed by atoms with Gasteiger partial charge in [0.05, 0.1) is 17.9 Å². The minimum atomic E-state index is -0.371. The maximum absolute atomic E-state index is 12.1. The van der Waals surface area contributed by atoms with Gasteiger partial charge in [-0.1, -0.05) is 30.3 Å². The lowest BCUT2D eigenvalue weighted by molar-refractivity contribution is 0.0527. The summed E-state index contributed by atoms with van der Waals surface area (Å²) < 4.78 is 5.11. The highest BCUT2D eigenvalue weighted by Crippen LogP contribution is 2.23. The number of aryl methyl sites for hydroxylation is 1. The zero-order valence-corrected chi connectivity index (χ0v) is 14.7. The first kappa shape index (κ1) is 17.4. The van der Waals surface area contributed by atoms with E-state index in [1.165, 1.54) is 0 Å². The molecule has 6 nitrogen and oxygen atoms in total. The highest BCUT2D eigenvalue weighted by atomic mass is 16.5. The van der Waals surface area contributed by atoms with Crippen LogP contribution in [0.15, 0.2) is 60.7 Å². The third kappa shape index (κ3) is 4.36. The Hall–Kier alpha value is -3.41. The third-order valence-electron chi connectivity index (χ3n) is 3.57. The number of benzene rings is 2. The van der Waals surface area contributed by atoms with E-state index < -0.39 is 0 Å². The van der Waals surface area contributed by atoms with Gasteiger partial charge in [-0.15, -0.1) is 0 Å². The Kier molecular flexibility index (Phi) is 5.43. The molecule has 0 fully saturated rings. The van der Waals surface area contributed by atoms with Crippen molar-refractivity contribution in [2.45, 2.75) is 13.8 Å². The molecule has 3 rings (SSSR count). The molecular weight excluding hydrogens is 328 g/mol. The van der Waals surface area contributed by atoms with Crippen LogP contribution in [0.25, 0.3) is 0 Å². The van der Waals surface area contributed by atoms with Crippen molar-refractivity contribution >= 4 is 29.0 Å². The average Bonchev–Trinajstić information content (AvgIpc) is 2.63.